The van der Waals surface area contributed by atoms with Crippen LogP contribution in [0.4, 0.5) is 0 Å². The lowest BCUT2D eigenvalue weighted by Gasteiger charge is -2.19. The smallest absolute Gasteiger partial charge is 0.139 e. The molecular formula is C13H19BrClNO2. The Morgan fingerprint density at radius 2 is 2.22 bits per heavy atom. The van der Waals surface area contributed by atoms with Gasteiger partial charge in [0.25, 0.3) is 0 Å². The van der Waals surface area contributed by atoms with E-state index in [1.165, 1.54) is 0 Å². The highest BCUT2D eigenvalue weighted by atomic mass is 79.9. The molecule has 1 atom stereocenters. The van der Waals surface area contributed by atoms with Gasteiger partial charge in [0.15, 0.2) is 0 Å². The summed E-state index contributed by atoms with van der Waals surface area (Å²) >= 11 is 9.50. The molecule has 0 spiro atoms. The molecule has 1 aromatic rings. The van der Waals surface area contributed by atoms with Crippen LogP contribution in [-0.4, -0.2) is 32.9 Å². The molecule has 0 aliphatic heterocycles. The minimum atomic E-state index is -0.0478. The van der Waals surface area contributed by atoms with Crippen LogP contribution in [0.2, 0.25) is 5.02 Å². The Kier molecular flexibility index (Phi) is 7.66. The summed E-state index contributed by atoms with van der Waals surface area (Å²) in [6, 6.07) is 5.56. The molecule has 0 saturated carbocycles. The van der Waals surface area contributed by atoms with Crippen LogP contribution in [0.15, 0.2) is 22.7 Å². The molecule has 0 saturated heterocycles. The second-order valence-electron chi connectivity index (χ2n) is 3.97. The van der Waals surface area contributed by atoms with Crippen molar-refractivity contribution in [1.29, 1.82) is 0 Å². The Balaban J connectivity index is 2.60. The van der Waals surface area contributed by atoms with Crippen molar-refractivity contribution in [1.82, 2.24) is 5.32 Å². The van der Waals surface area contributed by atoms with Gasteiger partial charge in [-0.25, -0.2) is 0 Å². The minimum Gasteiger partial charge on any atom is -0.485 e. The summed E-state index contributed by atoms with van der Waals surface area (Å²) in [7, 11) is 1.67. The monoisotopic (exact) mass is 335 g/mol. The first-order valence-corrected chi connectivity index (χ1v) is 7.15. The van der Waals surface area contributed by atoms with E-state index >= 15 is 0 Å². The standard InChI is InChI=1S/C13H19BrClNO2/c1-3-6-16-8-11(9-17-2)18-13-7-10(14)4-5-12(13)15/h4-5,7,11,16H,3,6,8-9H2,1-2H3. The molecule has 3 nitrogen and oxygen atoms in total. The Morgan fingerprint density at radius 3 is 2.89 bits per heavy atom. The highest BCUT2D eigenvalue weighted by Gasteiger charge is 2.12. The quantitative estimate of drug-likeness (QED) is 0.737. The third-order valence-electron chi connectivity index (χ3n) is 2.34. The molecule has 0 amide bonds. The third kappa shape index (κ3) is 5.57. The number of hydrogen-bond donors (Lipinski definition) is 1. The first kappa shape index (κ1) is 15.8. The van der Waals surface area contributed by atoms with Crippen molar-refractivity contribution in [2.24, 2.45) is 0 Å². The van der Waals surface area contributed by atoms with Crippen molar-refractivity contribution < 1.29 is 9.47 Å². The van der Waals surface area contributed by atoms with Crippen LogP contribution >= 0.6 is 27.5 Å². The molecule has 0 aliphatic rings. The summed E-state index contributed by atoms with van der Waals surface area (Å²) in [5.74, 6) is 0.673. The summed E-state index contributed by atoms with van der Waals surface area (Å²) < 4.78 is 12.0. The number of halogens is 2. The topological polar surface area (TPSA) is 30.5 Å². The molecule has 5 heteroatoms. The molecule has 0 aliphatic carbocycles. The predicted octanol–water partition coefficient (Wildman–Crippen LogP) is 3.50. The first-order valence-electron chi connectivity index (χ1n) is 5.98. The van der Waals surface area contributed by atoms with Gasteiger partial charge in [0, 0.05) is 18.1 Å². The van der Waals surface area contributed by atoms with Crippen molar-refractivity contribution >= 4 is 27.5 Å². The lowest BCUT2D eigenvalue weighted by atomic mass is 10.3. The van der Waals surface area contributed by atoms with Crippen molar-refractivity contribution in [2.45, 2.75) is 19.4 Å². The van der Waals surface area contributed by atoms with Crippen molar-refractivity contribution in [3.05, 3.63) is 27.7 Å². The van der Waals surface area contributed by atoms with E-state index in [2.05, 4.69) is 28.2 Å². The highest BCUT2D eigenvalue weighted by molar-refractivity contribution is 9.10. The summed E-state index contributed by atoms with van der Waals surface area (Å²) in [4.78, 5) is 0. The molecule has 0 bridgehead atoms. The highest BCUT2D eigenvalue weighted by Crippen LogP contribution is 2.28. The number of ether oxygens (including phenoxy) is 2. The summed E-state index contributed by atoms with van der Waals surface area (Å²) in [5, 5.41) is 3.92. The zero-order valence-electron chi connectivity index (χ0n) is 10.7. The van der Waals surface area contributed by atoms with Gasteiger partial charge in [-0.3, -0.25) is 0 Å². The van der Waals surface area contributed by atoms with Crippen LogP contribution in [0.3, 0.4) is 0 Å². The van der Waals surface area contributed by atoms with E-state index in [9.17, 15) is 0 Å². The molecule has 18 heavy (non-hydrogen) atoms. The summed E-state index contributed by atoms with van der Waals surface area (Å²) in [5.41, 5.74) is 0. The molecule has 0 radical (unpaired) electrons. The van der Waals surface area contributed by atoms with Gasteiger partial charge in [-0.15, -0.1) is 0 Å². The predicted molar refractivity (Wildman–Crippen MR) is 78.6 cm³/mol. The lowest BCUT2D eigenvalue weighted by molar-refractivity contribution is 0.0808. The fourth-order valence-corrected chi connectivity index (χ4v) is 2.01. The van der Waals surface area contributed by atoms with Gasteiger partial charge in [0.1, 0.15) is 11.9 Å². The minimum absolute atomic E-state index is 0.0478. The van der Waals surface area contributed by atoms with E-state index < -0.39 is 0 Å². The van der Waals surface area contributed by atoms with Gasteiger partial charge in [-0.05, 0) is 31.2 Å². The van der Waals surface area contributed by atoms with Crippen LogP contribution in [0.25, 0.3) is 0 Å². The van der Waals surface area contributed by atoms with Gasteiger partial charge in [0.2, 0.25) is 0 Å². The molecule has 0 aromatic heterocycles. The van der Waals surface area contributed by atoms with E-state index in [4.69, 9.17) is 21.1 Å². The average Bonchev–Trinajstić information content (AvgIpc) is 2.34. The molecule has 1 rings (SSSR count). The zero-order valence-corrected chi connectivity index (χ0v) is 13.1. The van der Waals surface area contributed by atoms with Gasteiger partial charge in [-0.2, -0.15) is 0 Å². The second-order valence-corrected chi connectivity index (χ2v) is 5.30. The van der Waals surface area contributed by atoms with E-state index in [1.807, 2.05) is 18.2 Å². The SMILES string of the molecule is CCCNCC(COC)Oc1cc(Br)ccc1Cl. The number of nitrogens with one attached hydrogen (secondary N) is 1. The lowest BCUT2D eigenvalue weighted by Crippen LogP contribution is -2.35. The number of hydrogen-bond acceptors (Lipinski definition) is 3. The summed E-state index contributed by atoms with van der Waals surface area (Å²) in [6.07, 6.45) is 1.05. The second kappa shape index (κ2) is 8.75. The molecule has 102 valence electrons. The fraction of sp³-hybridized carbons (Fsp3) is 0.538. The van der Waals surface area contributed by atoms with E-state index in [0.717, 1.165) is 24.0 Å². The number of rotatable bonds is 8. The maximum atomic E-state index is 6.09. The van der Waals surface area contributed by atoms with Crippen LogP contribution in [0.1, 0.15) is 13.3 Å². The maximum Gasteiger partial charge on any atom is 0.139 e. The zero-order chi connectivity index (χ0) is 13.4. The average molecular weight is 337 g/mol. The van der Waals surface area contributed by atoms with E-state index in [0.29, 0.717) is 17.4 Å². The van der Waals surface area contributed by atoms with Crippen molar-refractivity contribution in [2.75, 3.05) is 26.8 Å². The van der Waals surface area contributed by atoms with E-state index in [-0.39, 0.29) is 6.10 Å². The van der Waals surface area contributed by atoms with Crippen LogP contribution in [0.5, 0.6) is 5.75 Å². The maximum absolute atomic E-state index is 6.09. The summed E-state index contributed by atoms with van der Waals surface area (Å²) in [6.45, 7) is 4.37. The molecule has 0 heterocycles. The van der Waals surface area contributed by atoms with Crippen molar-refractivity contribution in [3.63, 3.8) is 0 Å². The Morgan fingerprint density at radius 1 is 1.44 bits per heavy atom. The normalized spacial score (nSPS) is 12.4. The molecule has 1 N–H and O–H groups in total. The van der Waals surface area contributed by atoms with Crippen LogP contribution < -0.4 is 10.1 Å². The molecule has 1 unspecified atom stereocenters. The number of benzene rings is 1. The van der Waals surface area contributed by atoms with Crippen molar-refractivity contribution in [3.8, 4) is 5.75 Å². The van der Waals surface area contributed by atoms with Gasteiger partial charge >= 0.3 is 0 Å². The fourth-order valence-electron chi connectivity index (χ4n) is 1.51. The van der Waals surface area contributed by atoms with Gasteiger partial charge < -0.3 is 14.8 Å². The Labute approximate surface area is 122 Å². The Hall–Kier alpha value is -0.290. The van der Waals surface area contributed by atoms with Crippen LogP contribution in [0, 0.1) is 0 Å². The first-order chi connectivity index (χ1) is 8.67. The Bertz CT molecular complexity index is 363. The third-order valence-corrected chi connectivity index (χ3v) is 3.14. The van der Waals surface area contributed by atoms with E-state index in [1.54, 1.807) is 7.11 Å². The van der Waals surface area contributed by atoms with Crippen LogP contribution in [-0.2, 0) is 4.74 Å². The molecule has 1 aromatic carbocycles. The molecule has 0 fully saturated rings. The van der Waals surface area contributed by atoms with Gasteiger partial charge in [0.05, 0.1) is 11.6 Å². The van der Waals surface area contributed by atoms with Gasteiger partial charge in [-0.1, -0.05) is 34.5 Å². The largest absolute Gasteiger partial charge is 0.485 e. The number of methoxy groups -OCH3 is 1. The molecular weight excluding hydrogens is 318 g/mol.